The number of halogens is 1. The third-order valence-electron chi connectivity index (χ3n) is 5.49. The summed E-state index contributed by atoms with van der Waals surface area (Å²) >= 11 is 1.76. The molecule has 3 unspecified atom stereocenters. The molecule has 1 aromatic rings. The van der Waals surface area contributed by atoms with Crippen molar-refractivity contribution in [3.05, 3.63) is 22.4 Å². The fourth-order valence-corrected chi connectivity index (χ4v) is 4.56. The maximum atomic E-state index is 5.67. The van der Waals surface area contributed by atoms with Gasteiger partial charge >= 0.3 is 0 Å². The van der Waals surface area contributed by atoms with E-state index in [1.807, 2.05) is 0 Å². The van der Waals surface area contributed by atoms with Gasteiger partial charge in [-0.15, -0.1) is 24.0 Å². The number of guanidine groups is 1. The van der Waals surface area contributed by atoms with Crippen LogP contribution in [0.25, 0.3) is 0 Å². The Morgan fingerprint density at radius 3 is 2.75 bits per heavy atom. The Labute approximate surface area is 190 Å². The lowest BCUT2D eigenvalue weighted by atomic mass is 9.97. The molecular formula is C20H35IN4O2S. The first-order valence-corrected chi connectivity index (χ1v) is 11.2. The molecule has 160 valence electrons. The van der Waals surface area contributed by atoms with E-state index < -0.39 is 0 Å². The average Bonchev–Trinajstić information content (AvgIpc) is 3.41. The van der Waals surface area contributed by atoms with Gasteiger partial charge in [0.05, 0.1) is 26.4 Å². The fraction of sp³-hybridized carbons (Fsp3) is 0.750. The summed E-state index contributed by atoms with van der Waals surface area (Å²) in [6.07, 6.45) is 1.14. The van der Waals surface area contributed by atoms with Crippen LogP contribution in [0, 0.1) is 5.92 Å². The lowest BCUT2D eigenvalue weighted by Crippen LogP contribution is -2.49. The van der Waals surface area contributed by atoms with E-state index in [0.717, 1.165) is 71.5 Å². The van der Waals surface area contributed by atoms with Gasteiger partial charge in [0, 0.05) is 44.7 Å². The molecule has 2 N–H and O–H groups in total. The van der Waals surface area contributed by atoms with Crippen molar-refractivity contribution in [3.8, 4) is 0 Å². The predicted molar refractivity (Wildman–Crippen MR) is 127 cm³/mol. The van der Waals surface area contributed by atoms with Gasteiger partial charge in [0.15, 0.2) is 5.96 Å². The molecule has 28 heavy (non-hydrogen) atoms. The summed E-state index contributed by atoms with van der Waals surface area (Å²) in [5.74, 6) is 1.95. The van der Waals surface area contributed by atoms with Gasteiger partial charge in [-0.2, -0.15) is 11.3 Å². The summed E-state index contributed by atoms with van der Waals surface area (Å²) in [5, 5.41) is 11.3. The van der Waals surface area contributed by atoms with Crippen molar-refractivity contribution < 1.29 is 9.47 Å². The molecule has 6 nitrogen and oxygen atoms in total. The van der Waals surface area contributed by atoms with Gasteiger partial charge in [-0.1, -0.05) is 6.92 Å². The van der Waals surface area contributed by atoms with E-state index in [9.17, 15) is 0 Å². The molecule has 0 radical (unpaired) electrons. The molecule has 0 spiro atoms. The first-order valence-electron chi connectivity index (χ1n) is 10.2. The van der Waals surface area contributed by atoms with E-state index in [-0.39, 0.29) is 24.0 Å². The largest absolute Gasteiger partial charge is 0.381 e. The van der Waals surface area contributed by atoms with Crippen LogP contribution in [0.5, 0.6) is 0 Å². The number of morpholine rings is 1. The van der Waals surface area contributed by atoms with E-state index in [1.165, 1.54) is 5.56 Å². The molecule has 0 amide bonds. The molecule has 3 heterocycles. The topological polar surface area (TPSA) is 58.1 Å². The molecule has 2 aliphatic heterocycles. The first-order chi connectivity index (χ1) is 13.3. The van der Waals surface area contributed by atoms with Crippen LogP contribution in [0.15, 0.2) is 21.8 Å². The fourth-order valence-electron chi connectivity index (χ4n) is 3.78. The van der Waals surface area contributed by atoms with Crippen LogP contribution < -0.4 is 10.6 Å². The van der Waals surface area contributed by atoms with Crippen LogP contribution in [0.1, 0.15) is 31.7 Å². The average molecular weight is 522 g/mol. The van der Waals surface area contributed by atoms with Gasteiger partial charge in [-0.05, 0) is 41.7 Å². The highest BCUT2D eigenvalue weighted by molar-refractivity contribution is 14.0. The smallest absolute Gasteiger partial charge is 0.191 e. The maximum absolute atomic E-state index is 5.67. The summed E-state index contributed by atoms with van der Waals surface area (Å²) in [7, 11) is 0. The lowest BCUT2D eigenvalue weighted by molar-refractivity contribution is 0.00368. The lowest BCUT2D eigenvalue weighted by Gasteiger charge is -2.36. The molecule has 0 bridgehead atoms. The van der Waals surface area contributed by atoms with Crippen LogP contribution in [-0.4, -0.2) is 76.1 Å². The van der Waals surface area contributed by atoms with Crippen molar-refractivity contribution in [1.82, 2.24) is 15.5 Å². The van der Waals surface area contributed by atoms with Crippen molar-refractivity contribution >= 4 is 41.3 Å². The standard InChI is InChI=1S/C20H34N4O2S.HI/c1-3-21-20(22-12-16(2)18-5-11-27-15-18)23-13-19(17-4-8-26-14-17)24-6-9-25-10-7-24;/h5,11,15-17,19H,3-4,6-10,12-14H2,1-2H3,(H2,21,22,23);1H. The Balaban J connectivity index is 0.00000280. The van der Waals surface area contributed by atoms with Gasteiger partial charge in [0.25, 0.3) is 0 Å². The molecule has 0 aliphatic carbocycles. The van der Waals surface area contributed by atoms with Crippen molar-refractivity contribution in [2.75, 3.05) is 59.2 Å². The number of hydrogen-bond donors (Lipinski definition) is 2. The molecule has 2 saturated heterocycles. The molecule has 0 saturated carbocycles. The Bertz CT molecular complexity index is 561. The third-order valence-corrected chi connectivity index (χ3v) is 6.19. The molecule has 8 heteroatoms. The summed E-state index contributed by atoms with van der Waals surface area (Å²) in [5.41, 5.74) is 1.39. The van der Waals surface area contributed by atoms with Crippen molar-refractivity contribution in [3.63, 3.8) is 0 Å². The number of thiophene rings is 1. The normalized spacial score (nSPS) is 23.1. The Morgan fingerprint density at radius 2 is 2.11 bits per heavy atom. The zero-order chi connectivity index (χ0) is 18.9. The summed E-state index contributed by atoms with van der Waals surface area (Å²) < 4.78 is 11.2. The number of nitrogens with one attached hydrogen (secondary N) is 2. The summed E-state index contributed by atoms with van der Waals surface area (Å²) in [4.78, 5) is 7.49. The molecule has 1 aromatic heterocycles. The molecule has 2 fully saturated rings. The van der Waals surface area contributed by atoms with Crippen molar-refractivity contribution in [1.29, 1.82) is 0 Å². The Kier molecular flexibility index (Phi) is 11.1. The van der Waals surface area contributed by atoms with E-state index in [0.29, 0.717) is 17.9 Å². The number of hydrogen-bond acceptors (Lipinski definition) is 5. The second kappa shape index (κ2) is 13.0. The second-order valence-electron chi connectivity index (χ2n) is 7.40. The van der Waals surface area contributed by atoms with E-state index in [1.54, 1.807) is 11.3 Å². The van der Waals surface area contributed by atoms with Gasteiger partial charge < -0.3 is 20.1 Å². The highest BCUT2D eigenvalue weighted by Gasteiger charge is 2.31. The predicted octanol–water partition coefficient (Wildman–Crippen LogP) is 2.76. The SMILES string of the molecule is CCNC(=NCC(C1CCOC1)N1CCOCC1)NCC(C)c1ccsc1.I. The van der Waals surface area contributed by atoms with Crippen LogP contribution >= 0.6 is 35.3 Å². The summed E-state index contributed by atoms with van der Waals surface area (Å²) in [6.45, 7) is 12.3. The van der Waals surface area contributed by atoms with Gasteiger partial charge in [-0.3, -0.25) is 9.89 Å². The van der Waals surface area contributed by atoms with Gasteiger partial charge in [-0.25, -0.2) is 0 Å². The number of ether oxygens (including phenoxy) is 2. The van der Waals surface area contributed by atoms with Crippen LogP contribution in [0.4, 0.5) is 0 Å². The monoisotopic (exact) mass is 522 g/mol. The highest BCUT2D eigenvalue weighted by atomic mass is 127. The quantitative estimate of drug-likeness (QED) is 0.313. The van der Waals surface area contributed by atoms with E-state index in [4.69, 9.17) is 14.5 Å². The maximum Gasteiger partial charge on any atom is 0.191 e. The van der Waals surface area contributed by atoms with Gasteiger partial charge in [0.1, 0.15) is 0 Å². The second-order valence-corrected chi connectivity index (χ2v) is 8.18. The minimum atomic E-state index is 0. The zero-order valence-corrected chi connectivity index (χ0v) is 20.2. The van der Waals surface area contributed by atoms with Crippen molar-refractivity contribution in [2.24, 2.45) is 10.9 Å². The molecule has 0 aromatic carbocycles. The Hall–Kier alpha value is -0.420. The molecule has 2 aliphatic rings. The number of nitrogens with zero attached hydrogens (tertiary/aromatic N) is 2. The van der Waals surface area contributed by atoms with Gasteiger partial charge in [0.2, 0.25) is 0 Å². The minimum absolute atomic E-state index is 0. The van der Waals surface area contributed by atoms with Crippen LogP contribution in [0.3, 0.4) is 0 Å². The van der Waals surface area contributed by atoms with Crippen LogP contribution in [-0.2, 0) is 9.47 Å². The molecule has 3 rings (SSSR count). The van der Waals surface area contributed by atoms with Crippen LogP contribution in [0.2, 0.25) is 0 Å². The van der Waals surface area contributed by atoms with E-state index >= 15 is 0 Å². The third kappa shape index (κ3) is 7.12. The number of rotatable bonds is 8. The molecule has 3 atom stereocenters. The highest BCUT2D eigenvalue weighted by Crippen LogP contribution is 2.22. The van der Waals surface area contributed by atoms with E-state index in [2.05, 4.69) is 46.2 Å². The zero-order valence-electron chi connectivity index (χ0n) is 17.1. The minimum Gasteiger partial charge on any atom is -0.381 e. The summed E-state index contributed by atoms with van der Waals surface area (Å²) in [6, 6.07) is 2.64. The Morgan fingerprint density at radius 1 is 1.29 bits per heavy atom. The first kappa shape index (κ1) is 23.9. The molecular weight excluding hydrogens is 487 g/mol. The van der Waals surface area contributed by atoms with Crippen molar-refractivity contribution in [2.45, 2.75) is 32.2 Å². The number of aliphatic imine (C=N–C) groups is 1.